The summed E-state index contributed by atoms with van der Waals surface area (Å²) in [5.74, 6) is 0.885. The molecule has 1 N–H and O–H groups in total. The second-order valence-corrected chi connectivity index (χ2v) is 7.02. The van der Waals surface area contributed by atoms with Crippen molar-refractivity contribution in [3.63, 3.8) is 0 Å². The molecule has 3 rings (SSSR count). The van der Waals surface area contributed by atoms with Crippen molar-refractivity contribution in [2.75, 3.05) is 21.3 Å². The first-order chi connectivity index (χ1) is 13.0. The number of methoxy groups -OCH3 is 3. The highest BCUT2D eigenvalue weighted by molar-refractivity contribution is 7.21. The lowest BCUT2D eigenvalue weighted by Gasteiger charge is -2.14. The number of halogens is 2. The molecule has 3 aromatic rings. The Morgan fingerprint density at radius 1 is 1.07 bits per heavy atom. The minimum atomic E-state index is -0.373. The van der Waals surface area contributed by atoms with Gasteiger partial charge < -0.3 is 19.5 Å². The minimum absolute atomic E-state index is 0.196. The number of carbonyl (C=O) groups is 1. The van der Waals surface area contributed by atoms with Crippen LogP contribution in [0, 0.1) is 5.82 Å². The quantitative estimate of drug-likeness (QED) is 0.643. The summed E-state index contributed by atoms with van der Waals surface area (Å²) in [7, 11) is 4.60. The van der Waals surface area contributed by atoms with Crippen LogP contribution in [0.3, 0.4) is 0 Å². The maximum atomic E-state index is 13.4. The summed E-state index contributed by atoms with van der Waals surface area (Å²) in [6, 6.07) is 7.67. The van der Waals surface area contributed by atoms with Crippen molar-refractivity contribution in [2.45, 2.75) is 6.54 Å². The maximum Gasteiger partial charge on any atom is 0.263 e. The van der Waals surface area contributed by atoms with Crippen molar-refractivity contribution < 1.29 is 23.4 Å². The summed E-state index contributed by atoms with van der Waals surface area (Å²) in [5, 5.41) is 3.77. The highest BCUT2D eigenvalue weighted by Gasteiger charge is 2.19. The van der Waals surface area contributed by atoms with E-state index in [1.165, 1.54) is 33.5 Å². The Labute approximate surface area is 164 Å². The molecule has 0 atom stereocenters. The van der Waals surface area contributed by atoms with Crippen molar-refractivity contribution in [3.05, 3.63) is 51.6 Å². The molecule has 0 aliphatic heterocycles. The van der Waals surface area contributed by atoms with Gasteiger partial charge >= 0.3 is 0 Å². The largest absolute Gasteiger partial charge is 0.496 e. The third-order valence-corrected chi connectivity index (χ3v) is 5.68. The summed E-state index contributed by atoms with van der Waals surface area (Å²) < 4.78 is 29.9. The van der Waals surface area contributed by atoms with E-state index in [-0.39, 0.29) is 18.3 Å². The predicted molar refractivity (Wildman–Crippen MR) is 104 cm³/mol. The SMILES string of the molecule is COc1cc(OC)c(OC)cc1CNC(=O)c1sc2cc(F)ccc2c1Cl. The van der Waals surface area contributed by atoms with Gasteiger partial charge in [0.15, 0.2) is 11.5 Å². The zero-order chi connectivity index (χ0) is 19.6. The summed E-state index contributed by atoms with van der Waals surface area (Å²) in [6.07, 6.45) is 0. The fourth-order valence-electron chi connectivity index (χ4n) is 2.67. The van der Waals surface area contributed by atoms with E-state index in [2.05, 4.69) is 5.32 Å². The van der Waals surface area contributed by atoms with Crippen molar-refractivity contribution in [1.82, 2.24) is 5.32 Å². The van der Waals surface area contributed by atoms with Gasteiger partial charge in [0.2, 0.25) is 0 Å². The number of hydrogen-bond donors (Lipinski definition) is 1. The number of amides is 1. The molecule has 0 fully saturated rings. The molecule has 142 valence electrons. The minimum Gasteiger partial charge on any atom is -0.496 e. The number of rotatable bonds is 6. The number of fused-ring (bicyclic) bond motifs is 1. The fourth-order valence-corrected chi connectivity index (χ4v) is 4.13. The molecular formula is C19H17ClFNO4S. The molecule has 1 heterocycles. The average Bonchev–Trinajstić information content (AvgIpc) is 3.01. The molecule has 0 spiro atoms. The Morgan fingerprint density at radius 2 is 1.74 bits per heavy atom. The van der Waals surface area contributed by atoms with Gasteiger partial charge in [-0.1, -0.05) is 11.6 Å². The number of carbonyl (C=O) groups excluding carboxylic acids is 1. The Kier molecular flexibility index (Phi) is 5.72. The number of hydrogen-bond acceptors (Lipinski definition) is 5. The first-order valence-corrected chi connectivity index (χ1v) is 9.12. The second kappa shape index (κ2) is 8.02. The molecule has 0 bridgehead atoms. The molecule has 27 heavy (non-hydrogen) atoms. The molecule has 8 heteroatoms. The van der Waals surface area contributed by atoms with E-state index in [1.807, 2.05) is 0 Å². The molecule has 5 nitrogen and oxygen atoms in total. The van der Waals surface area contributed by atoms with E-state index < -0.39 is 0 Å². The van der Waals surface area contributed by atoms with E-state index in [0.717, 1.165) is 11.3 Å². The van der Waals surface area contributed by atoms with E-state index in [1.54, 1.807) is 18.2 Å². The molecule has 0 saturated carbocycles. The lowest BCUT2D eigenvalue weighted by atomic mass is 10.1. The highest BCUT2D eigenvalue weighted by Crippen LogP contribution is 2.37. The van der Waals surface area contributed by atoms with Crippen LogP contribution in [0.2, 0.25) is 5.02 Å². The van der Waals surface area contributed by atoms with E-state index in [0.29, 0.717) is 42.8 Å². The normalized spacial score (nSPS) is 10.7. The van der Waals surface area contributed by atoms with Crippen LogP contribution in [0.1, 0.15) is 15.2 Å². The Hall–Kier alpha value is -2.51. The summed E-state index contributed by atoms with van der Waals surface area (Å²) in [6.45, 7) is 0.196. The van der Waals surface area contributed by atoms with Gasteiger partial charge in [0.05, 0.1) is 26.4 Å². The van der Waals surface area contributed by atoms with Crippen LogP contribution >= 0.6 is 22.9 Å². The first kappa shape index (κ1) is 19.3. The first-order valence-electron chi connectivity index (χ1n) is 7.93. The van der Waals surface area contributed by atoms with Crippen LogP contribution in [0.4, 0.5) is 4.39 Å². The van der Waals surface area contributed by atoms with Gasteiger partial charge in [-0.05, 0) is 24.3 Å². The third kappa shape index (κ3) is 3.79. The van der Waals surface area contributed by atoms with Gasteiger partial charge in [-0.3, -0.25) is 4.79 Å². The number of ether oxygens (including phenoxy) is 3. The van der Waals surface area contributed by atoms with Gasteiger partial charge in [-0.2, -0.15) is 0 Å². The number of benzene rings is 2. The standard InChI is InChI=1S/C19H17ClFNO4S/c1-24-13-8-15(26-3)14(25-2)6-10(13)9-22-19(23)18-17(20)12-5-4-11(21)7-16(12)27-18/h4-8H,9H2,1-3H3,(H,22,23). The number of nitrogens with one attached hydrogen (secondary N) is 1. The molecular weight excluding hydrogens is 393 g/mol. The van der Waals surface area contributed by atoms with Gasteiger partial charge in [0.25, 0.3) is 5.91 Å². The predicted octanol–water partition coefficient (Wildman–Crippen LogP) is 4.65. The highest BCUT2D eigenvalue weighted by atomic mass is 35.5. The zero-order valence-corrected chi connectivity index (χ0v) is 16.5. The van der Waals surface area contributed by atoms with Crippen LogP contribution in [0.15, 0.2) is 30.3 Å². The van der Waals surface area contributed by atoms with Crippen LogP contribution in [0.5, 0.6) is 17.2 Å². The molecule has 0 unspecified atom stereocenters. The second-order valence-electron chi connectivity index (χ2n) is 5.59. The smallest absolute Gasteiger partial charge is 0.263 e. The Bertz CT molecular complexity index is 1010. The summed E-state index contributed by atoms with van der Waals surface area (Å²) in [4.78, 5) is 12.9. The lowest BCUT2D eigenvalue weighted by Crippen LogP contribution is -2.22. The van der Waals surface area contributed by atoms with E-state index in [4.69, 9.17) is 25.8 Å². The fraction of sp³-hybridized carbons (Fsp3) is 0.211. The molecule has 0 saturated heterocycles. The Morgan fingerprint density at radius 3 is 2.41 bits per heavy atom. The van der Waals surface area contributed by atoms with Crippen molar-refractivity contribution >= 4 is 38.9 Å². The molecule has 1 aromatic heterocycles. The zero-order valence-electron chi connectivity index (χ0n) is 14.9. The topological polar surface area (TPSA) is 56.8 Å². The molecule has 0 aliphatic carbocycles. The van der Waals surface area contributed by atoms with Gasteiger partial charge in [-0.15, -0.1) is 11.3 Å². The van der Waals surface area contributed by atoms with Crippen LogP contribution in [-0.2, 0) is 6.54 Å². The molecule has 2 aromatic carbocycles. The van der Waals surface area contributed by atoms with Crippen molar-refractivity contribution in [3.8, 4) is 17.2 Å². The van der Waals surface area contributed by atoms with Crippen LogP contribution in [-0.4, -0.2) is 27.2 Å². The van der Waals surface area contributed by atoms with Crippen LogP contribution in [0.25, 0.3) is 10.1 Å². The van der Waals surface area contributed by atoms with Gasteiger partial charge in [-0.25, -0.2) is 4.39 Å². The summed E-state index contributed by atoms with van der Waals surface area (Å²) in [5.41, 5.74) is 0.715. The average molecular weight is 410 g/mol. The Balaban J connectivity index is 1.84. The van der Waals surface area contributed by atoms with Gasteiger partial charge in [0, 0.05) is 28.3 Å². The lowest BCUT2D eigenvalue weighted by molar-refractivity contribution is 0.0955. The van der Waals surface area contributed by atoms with Crippen molar-refractivity contribution in [2.24, 2.45) is 0 Å². The van der Waals surface area contributed by atoms with Crippen molar-refractivity contribution in [1.29, 1.82) is 0 Å². The van der Waals surface area contributed by atoms with Gasteiger partial charge in [0.1, 0.15) is 16.4 Å². The third-order valence-electron chi connectivity index (χ3n) is 4.02. The molecule has 0 aliphatic rings. The number of thiophene rings is 1. The van der Waals surface area contributed by atoms with E-state index in [9.17, 15) is 9.18 Å². The summed E-state index contributed by atoms with van der Waals surface area (Å²) >= 11 is 7.44. The monoisotopic (exact) mass is 409 g/mol. The molecule has 0 radical (unpaired) electrons. The van der Waals surface area contributed by atoms with E-state index >= 15 is 0 Å². The maximum absolute atomic E-state index is 13.4. The molecule has 1 amide bonds. The van der Waals surface area contributed by atoms with Crippen LogP contribution < -0.4 is 19.5 Å².